The molecule has 3 aromatic rings. The highest BCUT2D eigenvalue weighted by Gasteiger charge is 2.29. The van der Waals surface area contributed by atoms with Crippen LogP contribution in [0.5, 0.6) is 0 Å². The number of carbonyl (C=O) groups excluding carboxylic acids is 2. The number of para-hydroxylation sites is 1. The Hall–Kier alpha value is -3.02. The summed E-state index contributed by atoms with van der Waals surface area (Å²) in [5, 5.41) is 3.57. The third kappa shape index (κ3) is 5.67. The van der Waals surface area contributed by atoms with E-state index in [2.05, 4.69) is 12.2 Å². The molecule has 4 nitrogen and oxygen atoms in total. The predicted octanol–water partition coefficient (Wildman–Crippen LogP) is 6.55. The number of amides is 2. The maximum Gasteiger partial charge on any atom is 0.265 e. The largest absolute Gasteiger partial charge is 0.352 e. The minimum Gasteiger partial charge on any atom is -0.352 e. The number of nitrogens with one attached hydrogen (secondary N) is 1. The van der Waals surface area contributed by atoms with Gasteiger partial charge in [0.15, 0.2) is 0 Å². The van der Waals surface area contributed by atoms with E-state index in [1.54, 1.807) is 17.0 Å². The minimum atomic E-state index is -0.0765. The average molecular weight is 477 g/mol. The number of thioether (sulfide) groups is 1. The lowest BCUT2D eigenvalue weighted by atomic mass is 10.1. The lowest BCUT2D eigenvalue weighted by Crippen LogP contribution is -2.33. The molecule has 3 aromatic carbocycles. The first-order chi connectivity index (χ1) is 16.0. The van der Waals surface area contributed by atoms with Crippen molar-refractivity contribution in [3.05, 3.63) is 99.4 Å². The predicted molar refractivity (Wildman–Crippen MR) is 137 cm³/mol. The molecule has 0 bridgehead atoms. The van der Waals surface area contributed by atoms with Crippen molar-refractivity contribution in [1.82, 2.24) is 5.32 Å². The van der Waals surface area contributed by atoms with Crippen LogP contribution in [0.25, 0.3) is 6.08 Å². The smallest absolute Gasteiger partial charge is 0.265 e. The van der Waals surface area contributed by atoms with Crippen LogP contribution >= 0.6 is 23.4 Å². The Balaban J connectivity index is 1.58. The van der Waals surface area contributed by atoms with Gasteiger partial charge in [-0.15, -0.1) is 0 Å². The fourth-order valence-electron chi connectivity index (χ4n) is 3.60. The van der Waals surface area contributed by atoms with E-state index in [0.29, 0.717) is 28.6 Å². The number of benzene rings is 3. The van der Waals surface area contributed by atoms with Crippen LogP contribution in [-0.4, -0.2) is 18.4 Å². The van der Waals surface area contributed by atoms with Gasteiger partial charge in [0.2, 0.25) is 0 Å². The molecule has 6 heteroatoms. The SMILES string of the molecule is CCCCNC(=O)c1ccc(/C=C2/Sc3ccccc3N(Cc3cccc(Cl)c3)C2=O)cc1. The summed E-state index contributed by atoms with van der Waals surface area (Å²) in [4.78, 5) is 29.1. The Labute approximate surface area is 203 Å². The van der Waals surface area contributed by atoms with Crippen molar-refractivity contribution < 1.29 is 9.59 Å². The van der Waals surface area contributed by atoms with Crippen molar-refractivity contribution in [3.8, 4) is 0 Å². The third-order valence-corrected chi connectivity index (χ3v) is 6.66. The highest BCUT2D eigenvalue weighted by Crippen LogP contribution is 2.42. The number of anilines is 1. The molecule has 0 atom stereocenters. The van der Waals surface area contributed by atoms with Crippen molar-refractivity contribution in [2.75, 3.05) is 11.4 Å². The number of rotatable bonds is 7. The lowest BCUT2D eigenvalue weighted by Gasteiger charge is -2.30. The first-order valence-corrected chi connectivity index (χ1v) is 12.2. The van der Waals surface area contributed by atoms with Crippen LogP contribution in [0.3, 0.4) is 0 Å². The summed E-state index contributed by atoms with van der Waals surface area (Å²) < 4.78 is 0. The second-order valence-electron chi connectivity index (χ2n) is 7.83. The quantitative estimate of drug-likeness (QED) is 0.310. The summed E-state index contributed by atoms with van der Waals surface area (Å²) in [7, 11) is 0. The van der Waals surface area contributed by atoms with Gasteiger partial charge in [-0.3, -0.25) is 9.59 Å². The Bertz CT molecular complexity index is 1190. The van der Waals surface area contributed by atoms with Crippen molar-refractivity contribution in [3.63, 3.8) is 0 Å². The molecule has 0 saturated heterocycles. The van der Waals surface area contributed by atoms with Crippen LogP contribution in [0.15, 0.2) is 82.6 Å². The molecule has 33 heavy (non-hydrogen) atoms. The van der Waals surface area contributed by atoms with E-state index in [1.165, 1.54) is 11.8 Å². The van der Waals surface area contributed by atoms with Gasteiger partial charge in [0.1, 0.15) is 0 Å². The zero-order chi connectivity index (χ0) is 23.2. The van der Waals surface area contributed by atoms with E-state index in [0.717, 1.165) is 34.6 Å². The maximum absolute atomic E-state index is 13.4. The number of nitrogens with zero attached hydrogens (tertiary/aromatic N) is 1. The summed E-state index contributed by atoms with van der Waals surface area (Å²) in [5.41, 5.74) is 3.35. The molecule has 0 radical (unpaired) electrons. The molecule has 1 aliphatic rings. The van der Waals surface area contributed by atoms with Crippen LogP contribution in [0, 0.1) is 0 Å². The number of hydrogen-bond donors (Lipinski definition) is 1. The molecule has 1 N–H and O–H groups in total. The summed E-state index contributed by atoms with van der Waals surface area (Å²) >= 11 is 7.62. The van der Waals surface area contributed by atoms with Crippen molar-refractivity contribution in [1.29, 1.82) is 0 Å². The Morgan fingerprint density at radius 2 is 1.85 bits per heavy atom. The van der Waals surface area contributed by atoms with Crippen LogP contribution in [0.4, 0.5) is 5.69 Å². The van der Waals surface area contributed by atoms with Gasteiger partial charge in [-0.2, -0.15) is 0 Å². The van der Waals surface area contributed by atoms with Crippen LogP contribution in [-0.2, 0) is 11.3 Å². The maximum atomic E-state index is 13.4. The van der Waals surface area contributed by atoms with Gasteiger partial charge in [0, 0.05) is 22.0 Å². The van der Waals surface area contributed by atoms with Gasteiger partial charge in [-0.05, 0) is 60.0 Å². The van der Waals surface area contributed by atoms with Crippen LogP contribution < -0.4 is 10.2 Å². The topological polar surface area (TPSA) is 49.4 Å². The molecular weight excluding hydrogens is 452 g/mol. The van der Waals surface area contributed by atoms with E-state index in [-0.39, 0.29) is 11.8 Å². The monoisotopic (exact) mass is 476 g/mol. The van der Waals surface area contributed by atoms with Gasteiger partial charge in [-0.1, -0.05) is 73.1 Å². The number of unbranched alkanes of at least 4 members (excludes halogenated alkanes) is 1. The first kappa shape index (κ1) is 23.1. The Kier molecular flexibility index (Phi) is 7.53. The molecule has 0 aromatic heterocycles. The van der Waals surface area contributed by atoms with Crippen molar-refractivity contribution >= 4 is 46.9 Å². The highest BCUT2D eigenvalue weighted by molar-refractivity contribution is 8.04. The minimum absolute atomic E-state index is 0.0555. The molecule has 168 valence electrons. The van der Waals surface area contributed by atoms with E-state index >= 15 is 0 Å². The first-order valence-electron chi connectivity index (χ1n) is 11.0. The molecule has 0 fully saturated rings. The van der Waals surface area contributed by atoms with E-state index in [9.17, 15) is 9.59 Å². The van der Waals surface area contributed by atoms with Crippen molar-refractivity contribution in [2.45, 2.75) is 31.2 Å². The highest BCUT2D eigenvalue weighted by atomic mass is 35.5. The van der Waals surface area contributed by atoms with Gasteiger partial charge < -0.3 is 10.2 Å². The second-order valence-corrected chi connectivity index (χ2v) is 9.35. The molecule has 0 saturated carbocycles. The van der Waals surface area contributed by atoms with E-state index in [4.69, 9.17) is 11.6 Å². The van der Waals surface area contributed by atoms with Crippen LogP contribution in [0.2, 0.25) is 5.02 Å². The van der Waals surface area contributed by atoms with Gasteiger partial charge in [0.25, 0.3) is 11.8 Å². The molecule has 0 aliphatic carbocycles. The van der Waals surface area contributed by atoms with Crippen LogP contribution in [0.1, 0.15) is 41.3 Å². The third-order valence-electron chi connectivity index (χ3n) is 5.35. The standard InChI is InChI=1S/C27H25ClN2O2S/c1-2-3-15-29-26(31)21-13-11-19(12-14-21)17-25-27(32)30(18-20-7-6-8-22(28)16-20)23-9-4-5-10-24(23)33-25/h4-14,16-17H,2-3,15,18H2,1H3,(H,29,31)/b25-17+. The van der Waals surface area contributed by atoms with E-state index < -0.39 is 0 Å². The molecule has 0 unspecified atom stereocenters. The summed E-state index contributed by atoms with van der Waals surface area (Å²) in [6.45, 7) is 3.20. The summed E-state index contributed by atoms with van der Waals surface area (Å²) in [6, 6.07) is 22.8. The zero-order valence-electron chi connectivity index (χ0n) is 18.4. The lowest BCUT2D eigenvalue weighted by molar-refractivity contribution is -0.114. The van der Waals surface area contributed by atoms with Gasteiger partial charge in [0.05, 0.1) is 17.1 Å². The fourth-order valence-corrected chi connectivity index (χ4v) is 4.87. The molecule has 0 spiro atoms. The Morgan fingerprint density at radius 1 is 1.06 bits per heavy atom. The molecule has 1 heterocycles. The number of fused-ring (bicyclic) bond motifs is 1. The van der Waals surface area contributed by atoms with Gasteiger partial charge >= 0.3 is 0 Å². The Morgan fingerprint density at radius 3 is 2.61 bits per heavy atom. The zero-order valence-corrected chi connectivity index (χ0v) is 20.0. The summed E-state index contributed by atoms with van der Waals surface area (Å²) in [5.74, 6) is -0.132. The second kappa shape index (κ2) is 10.7. The van der Waals surface area contributed by atoms with E-state index in [1.807, 2.05) is 66.7 Å². The van der Waals surface area contributed by atoms with Gasteiger partial charge in [-0.25, -0.2) is 0 Å². The number of halogens is 1. The molecule has 1 aliphatic heterocycles. The average Bonchev–Trinajstić information content (AvgIpc) is 2.82. The molecular formula is C27H25ClN2O2S. The van der Waals surface area contributed by atoms with Crippen molar-refractivity contribution in [2.24, 2.45) is 0 Å². The molecule has 4 rings (SSSR count). The number of hydrogen-bond acceptors (Lipinski definition) is 3. The normalized spacial score (nSPS) is 14.3. The fraction of sp³-hybridized carbons (Fsp3) is 0.185. The summed E-state index contributed by atoms with van der Waals surface area (Å²) in [6.07, 6.45) is 3.88. The molecule has 2 amide bonds. The number of carbonyl (C=O) groups is 2.